The van der Waals surface area contributed by atoms with E-state index in [1.807, 2.05) is 6.07 Å². The normalized spacial score (nSPS) is 13.5. The van der Waals surface area contributed by atoms with Crippen molar-refractivity contribution in [2.75, 3.05) is 5.32 Å². The quantitative estimate of drug-likeness (QED) is 0.258. The van der Waals surface area contributed by atoms with E-state index in [1.165, 1.54) is 54.9 Å². The Morgan fingerprint density at radius 1 is 0.500 bits per heavy atom. The van der Waals surface area contributed by atoms with Crippen LogP contribution in [0.1, 0.15) is 25.0 Å². The Bertz CT molecular complexity index is 1740. The first-order valence-electron chi connectivity index (χ1n) is 12.6. The Balaban J connectivity index is 1.24. The predicted octanol–water partition coefficient (Wildman–Crippen LogP) is 9.71. The fraction of sp³-hybridized carbons (Fsp3) is 0.0857. The third-order valence-electron chi connectivity index (χ3n) is 7.82. The van der Waals surface area contributed by atoms with Gasteiger partial charge in [-0.25, -0.2) is 0 Å². The van der Waals surface area contributed by atoms with Gasteiger partial charge in [-0.3, -0.25) is 0 Å². The van der Waals surface area contributed by atoms with Crippen molar-refractivity contribution in [2.45, 2.75) is 19.3 Å². The Morgan fingerprint density at radius 2 is 1.08 bits per heavy atom. The second kappa shape index (κ2) is 7.83. The van der Waals surface area contributed by atoms with E-state index in [-0.39, 0.29) is 5.41 Å². The van der Waals surface area contributed by atoms with Crippen LogP contribution in [-0.2, 0) is 5.41 Å². The summed E-state index contributed by atoms with van der Waals surface area (Å²) in [6.45, 7) is 4.70. The molecule has 7 rings (SSSR count). The molecule has 1 aliphatic rings. The highest BCUT2D eigenvalue weighted by Crippen LogP contribution is 2.50. The van der Waals surface area contributed by atoms with Crippen LogP contribution in [0.15, 0.2) is 121 Å². The minimum Gasteiger partial charge on any atom is -0.356 e. The lowest BCUT2D eigenvalue weighted by Crippen LogP contribution is -2.14. The number of nitrogens with one attached hydrogen (secondary N) is 1. The van der Waals surface area contributed by atoms with Gasteiger partial charge in [0.15, 0.2) is 0 Å². The van der Waals surface area contributed by atoms with Crippen molar-refractivity contribution in [1.82, 2.24) is 0 Å². The van der Waals surface area contributed by atoms with E-state index >= 15 is 0 Å². The summed E-state index contributed by atoms with van der Waals surface area (Å²) in [6.07, 6.45) is 0. The zero-order chi connectivity index (χ0) is 24.3. The van der Waals surface area contributed by atoms with Crippen LogP contribution in [0.2, 0.25) is 0 Å². The number of benzene rings is 6. The molecule has 0 spiro atoms. The summed E-state index contributed by atoms with van der Waals surface area (Å²) in [6, 6.07) is 43.9. The topological polar surface area (TPSA) is 12.0 Å². The molecule has 0 bridgehead atoms. The summed E-state index contributed by atoms with van der Waals surface area (Å²) in [5.41, 5.74) is 10.1. The van der Waals surface area contributed by atoms with Gasteiger partial charge in [-0.2, -0.15) is 0 Å². The first kappa shape index (κ1) is 21.0. The molecule has 0 radical (unpaired) electrons. The highest BCUT2D eigenvalue weighted by atomic mass is 14.9. The highest BCUT2D eigenvalue weighted by Gasteiger charge is 2.34. The van der Waals surface area contributed by atoms with Crippen LogP contribution in [0, 0.1) is 0 Å². The molecular weight excluding hydrogens is 434 g/mol. The molecule has 0 heterocycles. The summed E-state index contributed by atoms with van der Waals surface area (Å²) in [4.78, 5) is 0. The van der Waals surface area contributed by atoms with Crippen LogP contribution in [0.4, 0.5) is 11.4 Å². The van der Waals surface area contributed by atoms with Gasteiger partial charge in [-0.15, -0.1) is 0 Å². The van der Waals surface area contributed by atoms with Gasteiger partial charge in [0.1, 0.15) is 0 Å². The molecule has 6 aromatic carbocycles. The second-order valence-corrected chi connectivity index (χ2v) is 10.3. The largest absolute Gasteiger partial charge is 0.356 e. The average molecular weight is 462 g/mol. The molecule has 1 heteroatoms. The van der Waals surface area contributed by atoms with Crippen molar-refractivity contribution in [3.05, 3.63) is 132 Å². The molecule has 172 valence electrons. The lowest BCUT2D eigenvalue weighted by atomic mass is 9.82. The Kier molecular flexibility index (Phi) is 4.56. The molecule has 0 amide bonds. The van der Waals surface area contributed by atoms with Crippen molar-refractivity contribution in [1.29, 1.82) is 0 Å². The molecule has 0 atom stereocenters. The third-order valence-corrected chi connectivity index (χ3v) is 7.82. The Hall–Kier alpha value is -4.36. The molecule has 0 saturated heterocycles. The minimum atomic E-state index is 0.0316. The van der Waals surface area contributed by atoms with Gasteiger partial charge < -0.3 is 5.32 Å². The van der Waals surface area contributed by atoms with E-state index < -0.39 is 0 Å². The molecule has 0 aromatic heterocycles. The summed E-state index contributed by atoms with van der Waals surface area (Å²) in [7, 11) is 0. The van der Waals surface area contributed by atoms with Gasteiger partial charge in [-0.1, -0.05) is 105 Å². The van der Waals surface area contributed by atoms with Crippen LogP contribution in [0.5, 0.6) is 0 Å². The molecule has 0 aliphatic heterocycles. The standard InChI is InChI=1S/C35H27N/c1-35(2)31-12-6-10-26-22-30(29-11-7-13-32(35)34(29)33(26)31)25-16-20-28(21-17-25)36-27-18-14-24(15-19-27)23-8-4-3-5-9-23/h3-22,36H,1-2H3. The molecule has 36 heavy (non-hydrogen) atoms. The maximum Gasteiger partial charge on any atom is 0.0384 e. The molecule has 1 nitrogen and oxygen atoms in total. The minimum absolute atomic E-state index is 0.0316. The van der Waals surface area contributed by atoms with Gasteiger partial charge in [0.05, 0.1) is 0 Å². The van der Waals surface area contributed by atoms with Crippen LogP contribution in [0.3, 0.4) is 0 Å². The summed E-state index contributed by atoms with van der Waals surface area (Å²) in [5.74, 6) is 0. The van der Waals surface area contributed by atoms with Crippen LogP contribution >= 0.6 is 0 Å². The Labute approximate surface area is 212 Å². The molecule has 1 aliphatic carbocycles. The van der Waals surface area contributed by atoms with Crippen molar-refractivity contribution in [2.24, 2.45) is 0 Å². The molecule has 0 fully saturated rings. The number of anilines is 2. The van der Waals surface area contributed by atoms with E-state index in [1.54, 1.807) is 0 Å². The van der Waals surface area contributed by atoms with Gasteiger partial charge in [0.2, 0.25) is 0 Å². The fourth-order valence-corrected chi connectivity index (χ4v) is 5.95. The van der Waals surface area contributed by atoms with Gasteiger partial charge >= 0.3 is 0 Å². The Morgan fingerprint density at radius 3 is 1.78 bits per heavy atom. The molecule has 0 unspecified atom stereocenters. The van der Waals surface area contributed by atoms with E-state index in [2.05, 4.69) is 134 Å². The second-order valence-electron chi connectivity index (χ2n) is 10.3. The monoisotopic (exact) mass is 461 g/mol. The zero-order valence-electron chi connectivity index (χ0n) is 20.5. The van der Waals surface area contributed by atoms with E-state index in [4.69, 9.17) is 0 Å². The summed E-state index contributed by atoms with van der Waals surface area (Å²) in [5, 5.41) is 9.07. The lowest BCUT2D eigenvalue weighted by molar-refractivity contribution is 0.663. The zero-order valence-corrected chi connectivity index (χ0v) is 20.5. The number of hydrogen-bond acceptors (Lipinski definition) is 1. The lowest BCUT2D eigenvalue weighted by Gasteiger charge is -2.21. The molecule has 6 aromatic rings. The molecule has 0 saturated carbocycles. The van der Waals surface area contributed by atoms with Gasteiger partial charge in [0, 0.05) is 16.8 Å². The summed E-state index contributed by atoms with van der Waals surface area (Å²) >= 11 is 0. The first-order chi connectivity index (χ1) is 17.6. The SMILES string of the molecule is CC1(C)c2cccc3cc(-c4ccc(Nc5ccc(-c6ccccc6)cc5)cc4)c4cccc1c4c23. The average Bonchev–Trinajstić information content (AvgIpc) is 3.17. The van der Waals surface area contributed by atoms with E-state index in [0.29, 0.717) is 0 Å². The van der Waals surface area contributed by atoms with Crippen molar-refractivity contribution < 1.29 is 0 Å². The maximum atomic E-state index is 3.56. The predicted molar refractivity (Wildman–Crippen MR) is 154 cm³/mol. The number of hydrogen-bond donors (Lipinski definition) is 1. The fourth-order valence-electron chi connectivity index (χ4n) is 5.95. The van der Waals surface area contributed by atoms with Gasteiger partial charge in [-0.05, 0) is 85.3 Å². The van der Waals surface area contributed by atoms with E-state index in [0.717, 1.165) is 11.4 Å². The van der Waals surface area contributed by atoms with Gasteiger partial charge in [0.25, 0.3) is 0 Å². The maximum absolute atomic E-state index is 3.56. The molecule has 1 N–H and O–H groups in total. The third kappa shape index (κ3) is 3.17. The number of rotatable bonds is 4. The van der Waals surface area contributed by atoms with E-state index in [9.17, 15) is 0 Å². The highest BCUT2D eigenvalue weighted by molar-refractivity contribution is 6.19. The first-order valence-corrected chi connectivity index (χ1v) is 12.6. The van der Waals surface area contributed by atoms with Crippen molar-refractivity contribution >= 4 is 32.9 Å². The van der Waals surface area contributed by atoms with Crippen LogP contribution in [0.25, 0.3) is 43.8 Å². The van der Waals surface area contributed by atoms with Crippen molar-refractivity contribution in [3.63, 3.8) is 0 Å². The van der Waals surface area contributed by atoms with Crippen LogP contribution in [-0.4, -0.2) is 0 Å². The molecular formula is C35H27N. The summed E-state index contributed by atoms with van der Waals surface area (Å²) < 4.78 is 0. The van der Waals surface area contributed by atoms with Crippen molar-refractivity contribution in [3.8, 4) is 22.3 Å². The smallest absolute Gasteiger partial charge is 0.0384 e. The van der Waals surface area contributed by atoms with Crippen LogP contribution < -0.4 is 5.32 Å².